The number of carbonyl (C=O) groups is 1. The number of hydrogen-bond acceptors (Lipinski definition) is 4. The molecule has 2 aromatic heterocycles. The zero-order valence-corrected chi connectivity index (χ0v) is 14.0. The van der Waals surface area contributed by atoms with E-state index in [0.29, 0.717) is 16.4 Å². The summed E-state index contributed by atoms with van der Waals surface area (Å²) >= 11 is 7.27. The maximum atomic E-state index is 12.3. The summed E-state index contributed by atoms with van der Waals surface area (Å²) < 4.78 is 0. The second kappa shape index (κ2) is 6.89. The van der Waals surface area contributed by atoms with Gasteiger partial charge in [0.1, 0.15) is 9.88 Å². The lowest BCUT2D eigenvalue weighted by Crippen LogP contribution is -2.23. The number of carbonyl (C=O) groups excluding carboxylic acids is 1. The first-order valence-corrected chi connectivity index (χ1v) is 8.24. The number of benzene rings is 1. The summed E-state index contributed by atoms with van der Waals surface area (Å²) in [4.78, 5) is 21.6. The predicted molar refractivity (Wildman–Crippen MR) is 92.7 cm³/mol. The molecule has 1 aromatic carbocycles. The minimum atomic E-state index is -0.133. The van der Waals surface area contributed by atoms with Crippen LogP contribution in [0.3, 0.4) is 0 Å². The zero-order valence-electron chi connectivity index (χ0n) is 12.4. The molecule has 0 radical (unpaired) electrons. The van der Waals surface area contributed by atoms with Crippen LogP contribution >= 0.6 is 22.9 Å². The minimum absolute atomic E-state index is 0.133. The summed E-state index contributed by atoms with van der Waals surface area (Å²) in [5.74, 6) is -0.133. The van der Waals surface area contributed by atoms with Crippen molar-refractivity contribution in [2.75, 3.05) is 0 Å². The molecule has 0 atom stereocenters. The van der Waals surface area contributed by atoms with Crippen LogP contribution in [0.25, 0.3) is 10.6 Å². The van der Waals surface area contributed by atoms with E-state index >= 15 is 0 Å². The molecular weight excluding hydrogens is 330 g/mol. The van der Waals surface area contributed by atoms with E-state index in [1.807, 2.05) is 49.4 Å². The van der Waals surface area contributed by atoms with Crippen LogP contribution in [-0.2, 0) is 6.54 Å². The molecule has 0 aliphatic rings. The van der Waals surface area contributed by atoms with Crippen LogP contribution in [0, 0.1) is 6.92 Å². The molecule has 0 unspecified atom stereocenters. The van der Waals surface area contributed by atoms with Gasteiger partial charge in [0.15, 0.2) is 0 Å². The fourth-order valence-corrected chi connectivity index (χ4v) is 3.19. The lowest BCUT2D eigenvalue weighted by molar-refractivity contribution is 0.0953. The van der Waals surface area contributed by atoms with E-state index in [-0.39, 0.29) is 5.91 Å². The lowest BCUT2D eigenvalue weighted by atomic mass is 10.2. The molecule has 0 bridgehead atoms. The minimum Gasteiger partial charge on any atom is -0.346 e. The average molecular weight is 344 g/mol. The van der Waals surface area contributed by atoms with Gasteiger partial charge in [-0.2, -0.15) is 0 Å². The van der Waals surface area contributed by atoms with E-state index in [2.05, 4.69) is 15.3 Å². The summed E-state index contributed by atoms with van der Waals surface area (Å²) in [6.45, 7) is 2.24. The number of nitrogens with zero attached hydrogens (tertiary/aromatic N) is 2. The molecule has 3 aromatic rings. The van der Waals surface area contributed by atoms with Crippen molar-refractivity contribution < 1.29 is 4.79 Å². The van der Waals surface area contributed by atoms with Gasteiger partial charge < -0.3 is 5.32 Å². The van der Waals surface area contributed by atoms with Crippen LogP contribution in [0.4, 0.5) is 0 Å². The third-order valence-electron chi connectivity index (χ3n) is 3.25. The van der Waals surface area contributed by atoms with E-state index in [0.717, 1.165) is 22.0 Å². The SMILES string of the molecule is Cc1nc(-c2ccc(Cl)cc2)sc1C(=O)NCc1ccccn1. The lowest BCUT2D eigenvalue weighted by Gasteiger charge is -2.03. The van der Waals surface area contributed by atoms with Crippen LogP contribution < -0.4 is 5.32 Å². The molecule has 0 saturated carbocycles. The van der Waals surface area contributed by atoms with Gasteiger partial charge in [-0.3, -0.25) is 9.78 Å². The van der Waals surface area contributed by atoms with Crippen LogP contribution in [0.2, 0.25) is 5.02 Å². The molecule has 0 fully saturated rings. The number of amides is 1. The standard InChI is InChI=1S/C17H14ClN3OS/c1-11-15(16(22)20-10-14-4-2-3-9-19-14)23-17(21-11)12-5-7-13(18)8-6-12/h2-9H,10H2,1H3,(H,20,22). The van der Waals surface area contributed by atoms with Crippen LogP contribution in [0.15, 0.2) is 48.7 Å². The Labute approximate surface area is 143 Å². The highest BCUT2D eigenvalue weighted by Crippen LogP contribution is 2.28. The third-order valence-corrected chi connectivity index (χ3v) is 4.71. The molecule has 0 aliphatic carbocycles. The summed E-state index contributed by atoms with van der Waals surface area (Å²) in [7, 11) is 0. The molecule has 1 amide bonds. The molecule has 2 heterocycles. The Bertz CT molecular complexity index is 816. The molecule has 4 nitrogen and oxygen atoms in total. The second-order valence-corrected chi connectivity index (χ2v) is 6.38. The third kappa shape index (κ3) is 3.75. The summed E-state index contributed by atoms with van der Waals surface area (Å²) in [6, 6.07) is 13.0. The summed E-state index contributed by atoms with van der Waals surface area (Å²) in [5, 5.41) is 4.36. The molecule has 0 saturated heterocycles. The van der Waals surface area contributed by atoms with E-state index in [9.17, 15) is 4.79 Å². The molecule has 0 spiro atoms. The van der Waals surface area contributed by atoms with E-state index in [1.165, 1.54) is 11.3 Å². The van der Waals surface area contributed by atoms with Crippen molar-refractivity contribution in [3.63, 3.8) is 0 Å². The number of thiazole rings is 1. The molecule has 1 N–H and O–H groups in total. The van der Waals surface area contributed by atoms with Crippen molar-refractivity contribution in [2.24, 2.45) is 0 Å². The Morgan fingerprint density at radius 3 is 2.70 bits per heavy atom. The molecule has 23 heavy (non-hydrogen) atoms. The van der Waals surface area contributed by atoms with Crippen LogP contribution in [0.1, 0.15) is 21.1 Å². The topological polar surface area (TPSA) is 54.9 Å². The maximum absolute atomic E-state index is 12.3. The maximum Gasteiger partial charge on any atom is 0.263 e. The summed E-state index contributed by atoms with van der Waals surface area (Å²) in [6.07, 6.45) is 1.71. The van der Waals surface area contributed by atoms with E-state index in [4.69, 9.17) is 11.6 Å². The first kappa shape index (κ1) is 15.6. The second-order valence-electron chi connectivity index (χ2n) is 4.94. The Hall–Kier alpha value is -2.24. The van der Waals surface area contributed by atoms with Crippen LogP contribution in [0.5, 0.6) is 0 Å². The number of aromatic nitrogens is 2. The number of nitrogens with one attached hydrogen (secondary N) is 1. The summed E-state index contributed by atoms with van der Waals surface area (Å²) in [5.41, 5.74) is 2.49. The number of aryl methyl sites for hydroxylation is 1. The normalized spacial score (nSPS) is 10.5. The van der Waals surface area contributed by atoms with Gasteiger partial charge >= 0.3 is 0 Å². The number of hydrogen-bond donors (Lipinski definition) is 1. The average Bonchev–Trinajstić information content (AvgIpc) is 2.96. The fraction of sp³-hybridized carbons (Fsp3) is 0.118. The smallest absolute Gasteiger partial charge is 0.263 e. The van der Waals surface area contributed by atoms with Gasteiger partial charge in [-0.05, 0) is 31.2 Å². The van der Waals surface area contributed by atoms with Gasteiger partial charge in [0.25, 0.3) is 5.91 Å². The van der Waals surface area contributed by atoms with Crippen molar-refractivity contribution in [3.05, 3.63) is 69.9 Å². The first-order valence-electron chi connectivity index (χ1n) is 7.05. The first-order chi connectivity index (χ1) is 11.1. The Balaban J connectivity index is 1.75. The van der Waals surface area contributed by atoms with Gasteiger partial charge in [-0.1, -0.05) is 29.8 Å². The number of halogens is 1. The quantitative estimate of drug-likeness (QED) is 0.776. The van der Waals surface area contributed by atoms with Crippen molar-refractivity contribution in [3.8, 4) is 10.6 Å². The largest absolute Gasteiger partial charge is 0.346 e. The van der Waals surface area contributed by atoms with Gasteiger partial charge in [0.2, 0.25) is 0 Å². The number of rotatable bonds is 4. The van der Waals surface area contributed by atoms with Gasteiger partial charge in [-0.25, -0.2) is 4.98 Å². The Kier molecular flexibility index (Phi) is 4.69. The van der Waals surface area contributed by atoms with Crippen molar-refractivity contribution >= 4 is 28.8 Å². The fourth-order valence-electron chi connectivity index (χ4n) is 2.08. The molecule has 116 valence electrons. The highest BCUT2D eigenvalue weighted by molar-refractivity contribution is 7.17. The van der Waals surface area contributed by atoms with Gasteiger partial charge in [-0.15, -0.1) is 11.3 Å². The molecule has 0 aliphatic heterocycles. The Morgan fingerprint density at radius 2 is 2.00 bits per heavy atom. The highest BCUT2D eigenvalue weighted by Gasteiger charge is 2.16. The molecular formula is C17H14ClN3OS. The molecule has 6 heteroatoms. The highest BCUT2D eigenvalue weighted by atomic mass is 35.5. The van der Waals surface area contributed by atoms with Crippen LogP contribution in [-0.4, -0.2) is 15.9 Å². The van der Waals surface area contributed by atoms with Crippen molar-refractivity contribution in [2.45, 2.75) is 13.5 Å². The van der Waals surface area contributed by atoms with Crippen molar-refractivity contribution in [1.82, 2.24) is 15.3 Å². The van der Waals surface area contributed by atoms with Crippen molar-refractivity contribution in [1.29, 1.82) is 0 Å². The predicted octanol–water partition coefficient (Wildman–Crippen LogP) is 4.10. The van der Waals surface area contributed by atoms with E-state index < -0.39 is 0 Å². The molecule has 3 rings (SSSR count). The zero-order chi connectivity index (χ0) is 16.2. The monoisotopic (exact) mass is 343 g/mol. The van der Waals surface area contributed by atoms with Gasteiger partial charge in [0, 0.05) is 16.8 Å². The van der Waals surface area contributed by atoms with E-state index in [1.54, 1.807) is 6.20 Å². The number of pyridine rings is 1. The van der Waals surface area contributed by atoms with Gasteiger partial charge in [0.05, 0.1) is 17.9 Å². The Morgan fingerprint density at radius 1 is 1.22 bits per heavy atom.